The van der Waals surface area contributed by atoms with Gasteiger partial charge in [0.25, 0.3) is 0 Å². The van der Waals surface area contributed by atoms with Crippen molar-refractivity contribution in [3.8, 4) is 0 Å². The molecular formula is C17H22F2N4O. The van der Waals surface area contributed by atoms with E-state index < -0.39 is 6.55 Å². The first-order valence-corrected chi connectivity index (χ1v) is 7.85. The Bertz CT molecular complexity index is 631. The average Bonchev–Trinajstić information content (AvgIpc) is 3.00. The topological polar surface area (TPSA) is 50.2 Å². The number of amides is 1. The van der Waals surface area contributed by atoms with E-state index in [-0.39, 0.29) is 24.8 Å². The van der Waals surface area contributed by atoms with Crippen molar-refractivity contribution in [2.45, 2.75) is 25.9 Å². The minimum absolute atomic E-state index is 0.124. The molecule has 0 aliphatic heterocycles. The molecule has 24 heavy (non-hydrogen) atoms. The van der Waals surface area contributed by atoms with Gasteiger partial charge in [0.05, 0.1) is 13.1 Å². The van der Waals surface area contributed by atoms with Crippen LogP contribution in [0.15, 0.2) is 42.7 Å². The van der Waals surface area contributed by atoms with Crippen LogP contribution in [0.4, 0.5) is 8.78 Å². The molecule has 1 aromatic carbocycles. The van der Waals surface area contributed by atoms with Gasteiger partial charge in [0.1, 0.15) is 5.82 Å². The first-order valence-electron chi connectivity index (χ1n) is 7.85. The summed E-state index contributed by atoms with van der Waals surface area (Å²) in [6.07, 6.45) is 4.33. The number of nitrogens with one attached hydrogen (secondary N) is 1. The van der Waals surface area contributed by atoms with Crippen molar-refractivity contribution < 1.29 is 13.6 Å². The summed E-state index contributed by atoms with van der Waals surface area (Å²) in [7, 11) is 1.70. The number of carbonyl (C=O) groups excluding carboxylic acids is 1. The third-order valence-corrected chi connectivity index (χ3v) is 3.59. The van der Waals surface area contributed by atoms with E-state index in [1.165, 1.54) is 18.0 Å². The molecule has 1 aromatic heterocycles. The zero-order valence-electron chi connectivity index (χ0n) is 13.7. The Morgan fingerprint density at radius 1 is 1.33 bits per heavy atom. The van der Waals surface area contributed by atoms with E-state index in [9.17, 15) is 13.6 Å². The highest BCUT2D eigenvalue weighted by Gasteiger charge is 2.14. The molecule has 0 saturated heterocycles. The molecule has 0 fully saturated rings. The van der Waals surface area contributed by atoms with Gasteiger partial charge < -0.3 is 5.32 Å². The van der Waals surface area contributed by atoms with Crippen LogP contribution in [0, 0.1) is 0 Å². The second-order valence-corrected chi connectivity index (χ2v) is 5.64. The number of alkyl halides is 2. The van der Waals surface area contributed by atoms with Crippen molar-refractivity contribution in [3.63, 3.8) is 0 Å². The number of hydrogen-bond acceptors (Lipinski definition) is 3. The summed E-state index contributed by atoms with van der Waals surface area (Å²) in [5, 5.41) is 2.84. The summed E-state index contributed by atoms with van der Waals surface area (Å²) >= 11 is 0. The van der Waals surface area contributed by atoms with E-state index in [0.29, 0.717) is 6.54 Å². The Balaban J connectivity index is 1.67. The van der Waals surface area contributed by atoms with E-state index in [1.54, 1.807) is 11.9 Å². The van der Waals surface area contributed by atoms with Gasteiger partial charge in [-0.05, 0) is 25.5 Å². The summed E-state index contributed by atoms with van der Waals surface area (Å²) < 4.78 is 26.3. The maximum Gasteiger partial charge on any atom is 0.319 e. The highest BCUT2D eigenvalue weighted by molar-refractivity contribution is 5.77. The smallest absolute Gasteiger partial charge is 0.319 e. The van der Waals surface area contributed by atoms with E-state index in [0.717, 1.165) is 17.4 Å². The molecule has 0 aliphatic rings. The zero-order chi connectivity index (χ0) is 17.4. The fourth-order valence-electron chi connectivity index (χ4n) is 2.41. The van der Waals surface area contributed by atoms with Crippen LogP contribution in [0.3, 0.4) is 0 Å². The largest absolute Gasteiger partial charge is 0.355 e. The van der Waals surface area contributed by atoms with Crippen LogP contribution in [-0.4, -0.2) is 40.5 Å². The molecule has 2 rings (SSSR count). The predicted octanol–water partition coefficient (Wildman–Crippen LogP) is 2.46. The minimum atomic E-state index is -2.62. The quantitative estimate of drug-likeness (QED) is 0.716. The maximum atomic E-state index is 12.7. The van der Waals surface area contributed by atoms with Gasteiger partial charge >= 0.3 is 6.55 Å². The molecule has 5 nitrogen and oxygen atoms in total. The van der Waals surface area contributed by atoms with Crippen molar-refractivity contribution in [2.24, 2.45) is 0 Å². The molecule has 0 bridgehead atoms. The first kappa shape index (κ1) is 18.1. The number of carbonyl (C=O) groups is 1. The SMILES string of the molecule is CN(CC(=O)NCCCc1ccccc1)Cc1nccn1C(F)F. The van der Waals surface area contributed by atoms with Crippen molar-refractivity contribution >= 4 is 5.91 Å². The molecular weight excluding hydrogens is 314 g/mol. The van der Waals surface area contributed by atoms with Gasteiger partial charge in [-0.15, -0.1) is 0 Å². The van der Waals surface area contributed by atoms with E-state index >= 15 is 0 Å². The lowest BCUT2D eigenvalue weighted by molar-refractivity contribution is -0.122. The number of halogens is 2. The number of likely N-dealkylation sites (N-methyl/N-ethyl adjacent to an activating group) is 1. The number of hydrogen-bond donors (Lipinski definition) is 1. The number of rotatable bonds is 9. The molecule has 1 heterocycles. The lowest BCUT2D eigenvalue weighted by Gasteiger charge is -2.16. The normalized spacial score (nSPS) is 11.2. The van der Waals surface area contributed by atoms with Crippen molar-refractivity contribution in [3.05, 3.63) is 54.1 Å². The van der Waals surface area contributed by atoms with Gasteiger partial charge in [-0.1, -0.05) is 30.3 Å². The van der Waals surface area contributed by atoms with Crippen LogP contribution < -0.4 is 5.32 Å². The fourth-order valence-corrected chi connectivity index (χ4v) is 2.41. The average molecular weight is 336 g/mol. The van der Waals surface area contributed by atoms with Crippen molar-refractivity contribution in [1.29, 1.82) is 0 Å². The van der Waals surface area contributed by atoms with Crippen LogP contribution in [0.25, 0.3) is 0 Å². The standard InChI is InChI=1S/C17H22F2N4O/c1-22(12-15-20-10-11-23(15)17(18)19)13-16(24)21-9-5-8-14-6-3-2-4-7-14/h2-4,6-7,10-11,17H,5,8-9,12-13H2,1H3,(H,21,24). The number of aromatic nitrogens is 2. The predicted molar refractivity (Wildman–Crippen MR) is 87.6 cm³/mol. The minimum Gasteiger partial charge on any atom is -0.355 e. The van der Waals surface area contributed by atoms with Gasteiger partial charge in [-0.3, -0.25) is 14.3 Å². The summed E-state index contributed by atoms with van der Waals surface area (Å²) in [6, 6.07) is 10.1. The Labute approximate surface area is 140 Å². The summed E-state index contributed by atoms with van der Waals surface area (Å²) in [6.45, 7) is -1.70. The number of benzene rings is 1. The third kappa shape index (κ3) is 5.73. The number of nitrogens with zero attached hydrogens (tertiary/aromatic N) is 3. The monoisotopic (exact) mass is 336 g/mol. The second kappa shape index (κ2) is 9.12. The van der Waals surface area contributed by atoms with Crippen LogP contribution in [0.5, 0.6) is 0 Å². The third-order valence-electron chi connectivity index (χ3n) is 3.59. The van der Waals surface area contributed by atoms with E-state index in [4.69, 9.17) is 0 Å². The lowest BCUT2D eigenvalue weighted by atomic mass is 10.1. The van der Waals surface area contributed by atoms with Gasteiger partial charge in [0.15, 0.2) is 0 Å². The van der Waals surface area contributed by atoms with Gasteiger partial charge in [-0.25, -0.2) is 4.98 Å². The molecule has 7 heteroatoms. The van der Waals surface area contributed by atoms with Crippen molar-refractivity contribution in [2.75, 3.05) is 20.1 Å². The summed E-state index contributed by atoms with van der Waals surface area (Å²) in [4.78, 5) is 17.4. The fraction of sp³-hybridized carbons (Fsp3) is 0.412. The highest BCUT2D eigenvalue weighted by Crippen LogP contribution is 2.13. The molecule has 1 amide bonds. The maximum absolute atomic E-state index is 12.7. The van der Waals surface area contributed by atoms with Crippen LogP contribution in [0.2, 0.25) is 0 Å². The van der Waals surface area contributed by atoms with Crippen LogP contribution in [-0.2, 0) is 17.8 Å². The Morgan fingerprint density at radius 3 is 2.79 bits per heavy atom. The summed E-state index contributed by atoms with van der Waals surface area (Å²) in [5.74, 6) is 0.116. The van der Waals surface area contributed by atoms with E-state index in [1.807, 2.05) is 18.2 Å². The molecule has 2 aromatic rings. The molecule has 0 aliphatic carbocycles. The first-order chi connectivity index (χ1) is 11.6. The molecule has 0 unspecified atom stereocenters. The molecule has 0 spiro atoms. The molecule has 0 saturated carbocycles. The van der Waals surface area contributed by atoms with Crippen LogP contribution in [0.1, 0.15) is 24.4 Å². The Hall–Kier alpha value is -2.28. The molecule has 130 valence electrons. The molecule has 0 atom stereocenters. The molecule has 0 radical (unpaired) electrons. The second-order valence-electron chi connectivity index (χ2n) is 5.64. The highest BCUT2D eigenvalue weighted by atomic mass is 19.3. The lowest BCUT2D eigenvalue weighted by Crippen LogP contribution is -2.36. The van der Waals surface area contributed by atoms with Gasteiger partial charge in [-0.2, -0.15) is 8.78 Å². The van der Waals surface area contributed by atoms with Crippen LogP contribution >= 0.6 is 0 Å². The number of imidazole rings is 1. The van der Waals surface area contributed by atoms with E-state index in [2.05, 4.69) is 22.4 Å². The number of aryl methyl sites for hydroxylation is 1. The zero-order valence-corrected chi connectivity index (χ0v) is 13.7. The van der Waals surface area contributed by atoms with Gasteiger partial charge in [0.2, 0.25) is 5.91 Å². The molecule has 1 N–H and O–H groups in total. The van der Waals surface area contributed by atoms with Crippen molar-refractivity contribution in [1.82, 2.24) is 19.8 Å². The Kier molecular flexibility index (Phi) is 6.87. The summed E-state index contributed by atoms with van der Waals surface area (Å²) in [5.41, 5.74) is 1.24. The van der Waals surface area contributed by atoms with Gasteiger partial charge in [0, 0.05) is 18.9 Å². The Morgan fingerprint density at radius 2 is 2.08 bits per heavy atom.